The minimum atomic E-state index is -1.45. The lowest BCUT2D eigenvalue weighted by molar-refractivity contribution is -0.104. The topological polar surface area (TPSA) is 62.9 Å². The molecular formula is C24H24F2N4O2. The fraction of sp³-hybridized carbons (Fsp3) is 0.333. The minimum Gasteiger partial charge on any atom is -0.392 e. The van der Waals surface area contributed by atoms with E-state index in [1.807, 2.05) is 47.7 Å². The molecule has 6 nitrogen and oxygen atoms in total. The van der Waals surface area contributed by atoms with E-state index in [2.05, 4.69) is 10.1 Å². The highest BCUT2D eigenvalue weighted by atomic mass is 19.1. The molecule has 0 spiro atoms. The van der Waals surface area contributed by atoms with Crippen LogP contribution in [0.5, 0.6) is 0 Å². The number of rotatable bonds is 3. The van der Waals surface area contributed by atoms with Gasteiger partial charge in [-0.3, -0.25) is 0 Å². The molecule has 1 N–H and O–H groups in total. The molecule has 1 aromatic heterocycles. The summed E-state index contributed by atoms with van der Waals surface area (Å²) in [7, 11) is 0. The number of oxime groups is 1. The Balaban J connectivity index is 1.49. The summed E-state index contributed by atoms with van der Waals surface area (Å²) in [6, 6.07) is 8.66. The third kappa shape index (κ3) is 3.44. The Morgan fingerprint density at radius 1 is 1.12 bits per heavy atom. The molecule has 0 saturated carbocycles. The summed E-state index contributed by atoms with van der Waals surface area (Å²) in [6.45, 7) is 4.74. The molecule has 32 heavy (non-hydrogen) atoms. The smallest absolute Gasteiger partial charge is 0.175 e. The molecule has 2 atom stereocenters. The lowest BCUT2D eigenvalue weighted by Gasteiger charge is -2.49. The maximum Gasteiger partial charge on any atom is 0.175 e. The van der Waals surface area contributed by atoms with Crippen LogP contribution in [0.3, 0.4) is 0 Å². The van der Waals surface area contributed by atoms with E-state index in [0.717, 1.165) is 28.6 Å². The Morgan fingerprint density at radius 3 is 2.59 bits per heavy atom. The van der Waals surface area contributed by atoms with E-state index in [0.29, 0.717) is 25.2 Å². The SMILES string of the molecule is Cc1cn(-c2ccc(C3=NOC[C@@H]4N3CCCC4(O)c3cc(F)cc(F)c3)cc2C)cn1. The molecule has 0 amide bonds. The Hall–Kier alpha value is -3.26. The van der Waals surface area contributed by atoms with Crippen molar-refractivity contribution >= 4 is 5.84 Å². The van der Waals surface area contributed by atoms with Crippen molar-refractivity contribution in [3.63, 3.8) is 0 Å². The average Bonchev–Trinajstić information content (AvgIpc) is 3.19. The summed E-state index contributed by atoms with van der Waals surface area (Å²) >= 11 is 0. The molecule has 2 aliphatic heterocycles. The summed E-state index contributed by atoms with van der Waals surface area (Å²) < 4.78 is 29.8. The first-order valence-corrected chi connectivity index (χ1v) is 10.6. The zero-order valence-electron chi connectivity index (χ0n) is 17.9. The number of hydrogen-bond acceptors (Lipinski definition) is 5. The lowest BCUT2D eigenvalue weighted by Crippen LogP contribution is -2.60. The van der Waals surface area contributed by atoms with E-state index < -0.39 is 23.3 Å². The highest BCUT2D eigenvalue weighted by Gasteiger charge is 2.48. The first kappa shape index (κ1) is 20.6. The van der Waals surface area contributed by atoms with Crippen LogP contribution >= 0.6 is 0 Å². The number of aliphatic hydroxyl groups is 1. The van der Waals surface area contributed by atoms with Gasteiger partial charge in [0.25, 0.3) is 0 Å². The standard InChI is InChI=1S/C24H24F2N4O2/c1-15-8-17(4-5-21(15)29-12-16(2)27-14-29)23-28-32-13-22-24(31,6-3-7-30(22)23)18-9-19(25)11-20(26)10-18/h4-5,8-12,14,22,31H,3,6-7,13H2,1-2H3/t22-,24?/m0/s1. The molecule has 5 rings (SSSR count). The van der Waals surface area contributed by atoms with Crippen molar-refractivity contribution in [2.75, 3.05) is 13.2 Å². The van der Waals surface area contributed by atoms with Gasteiger partial charge >= 0.3 is 0 Å². The zero-order valence-corrected chi connectivity index (χ0v) is 17.9. The average molecular weight is 438 g/mol. The maximum absolute atomic E-state index is 13.9. The molecule has 0 aliphatic carbocycles. The number of amidine groups is 1. The fourth-order valence-corrected chi connectivity index (χ4v) is 4.80. The normalized spacial score (nSPS) is 22.8. The van der Waals surface area contributed by atoms with Gasteiger partial charge in [-0.25, -0.2) is 13.8 Å². The van der Waals surface area contributed by atoms with Crippen LogP contribution in [0.25, 0.3) is 5.69 Å². The number of hydrogen-bond donors (Lipinski definition) is 1. The summed E-state index contributed by atoms with van der Waals surface area (Å²) in [4.78, 5) is 11.8. The van der Waals surface area contributed by atoms with Gasteiger partial charge in [-0.15, -0.1) is 0 Å². The maximum atomic E-state index is 13.9. The lowest BCUT2D eigenvalue weighted by atomic mass is 9.78. The number of aryl methyl sites for hydroxylation is 2. The third-order valence-electron chi connectivity index (χ3n) is 6.35. The van der Waals surface area contributed by atoms with E-state index >= 15 is 0 Å². The Bertz CT molecular complexity index is 1190. The van der Waals surface area contributed by atoms with Crippen molar-refractivity contribution in [3.8, 4) is 5.69 Å². The first-order valence-electron chi connectivity index (χ1n) is 10.6. The molecule has 0 bridgehead atoms. The second-order valence-corrected chi connectivity index (χ2v) is 8.53. The number of imidazole rings is 1. The van der Waals surface area contributed by atoms with Gasteiger partial charge in [-0.2, -0.15) is 0 Å². The van der Waals surface area contributed by atoms with Gasteiger partial charge in [-0.05, 0) is 68.1 Å². The fourth-order valence-electron chi connectivity index (χ4n) is 4.80. The second kappa shape index (κ2) is 7.70. The second-order valence-electron chi connectivity index (χ2n) is 8.53. The van der Waals surface area contributed by atoms with Gasteiger partial charge < -0.3 is 19.4 Å². The van der Waals surface area contributed by atoms with Crippen LogP contribution in [0, 0.1) is 25.5 Å². The molecule has 1 fully saturated rings. The van der Waals surface area contributed by atoms with Crippen molar-refractivity contribution in [1.82, 2.24) is 14.5 Å². The Kier molecular flexibility index (Phi) is 4.97. The summed E-state index contributed by atoms with van der Waals surface area (Å²) in [6.07, 6.45) is 4.76. The van der Waals surface area contributed by atoms with Gasteiger partial charge in [-0.1, -0.05) is 5.16 Å². The van der Waals surface area contributed by atoms with Gasteiger partial charge in [0.05, 0.1) is 12.0 Å². The molecule has 0 radical (unpaired) electrons. The first-order chi connectivity index (χ1) is 15.3. The van der Waals surface area contributed by atoms with Crippen molar-refractivity contribution in [2.45, 2.75) is 38.3 Å². The highest BCUT2D eigenvalue weighted by Crippen LogP contribution is 2.40. The van der Waals surface area contributed by atoms with Gasteiger partial charge in [0.1, 0.15) is 29.9 Å². The monoisotopic (exact) mass is 438 g/mol. The molecule has 8 heteroatoms. The van der Waals surface area contributed by atoms with Gasteiger partial charge in [0, 0.05) is 30.1 Å². The number of aromatic nitrogens is 2. The molecule has 1 unspecified atom stereocenters. The number of nitrogens with zero attached hydrogens (tertiary/aromatic N) is 4. The third-order valence-corrected chi connectivity index (χ3v) is 6.35. The summed E-state index contributed by atoms with van der Waals surface area (Å²) in [5.74, 6) is -0.818. The number of fused-ring (bicyclic) bond motifs is 1. The predicted molar refractivity (Wildman–Crippen MR) is 116 cm³/mol. The molecule has 3 heterocycles. The van der Waals surface area contributed by atoms with Crippen molar-refractivity contribution in [1.29, 1.82) is 0 Å². The van der Waals surface area contributed by atoms with Crippen LogP contribution in [-0.4, -0.2) is 44.6 Å². The zero-order chi connectivity index (χ0) is 22.5. The Morgan fingerprint density at radius 2 is 1.91 bits per heavy atom. The van der Waals surface area contributed by atoms with Crippen molar-refractivity contribution < 1.29 is 18.7 Å². The van der Waals surface area contributed by atoms with Crippen molar-refractivity contribution in [3.05, 3.63) is 82.9 Å². The van der Waals surface area contributed by atoms with E-state index in [-0.39, 0.29) is 12.2 Å². The van der Waals surface area contributed by atoms with Gasteiger partial charge in [0.2, 0.25) is 0 Å². The molecular weight excluding hydrogens is 414 g/mol. The summed E-state index contributed by atoms with van der Waals surface area (Å²) in [5.41, 5.74) is 2.59. The number of benzene rings is 2. The highest BCUT2D eigenvalue weighted by molar-refractivity contribution is 5.99. The van der Waals surface area contributed by atoms with Crippen LogP contribution < -0.4 is 0 Å². The molecule has 2 aliphatic rings. The molecule has 166 valence electrons. The molecule has 2 aromatic carbocycles. The summed E-state index contributed by atoms with van der Waals surface area (Å²) in [5, 5.41) is 15.9. The number of halogens is 2. The number of piperidine rings is 1. The minimum absolute atomic E-state index is 0.128. The van der Waals surface area contributed by atoms with Crippen LogP contribution in [-0.2, 0) is 10.4 Å². The Labute approximate surface area is 184 Å². The van der Waals surface area contributed by atoms with E-state index in [9.17, 15) is 13.9 Å². The quantitative estimate of drug-likeness (QED) is 0.676. The van der Waals surface area contributed by atoms with Crippen LogP contribution in [0.1, 0.15) is 35.2 Å². The molecule has 1 saturated heterocycles. The molecule has 3 aromatic rings. The van der Waals surface area contributed by atoms with Crippen LogP contribution in [0.15, 0.2) is 54.1 Å². The van der Waals surface area contributed by atoms with Crippen LogP contribution in [0.4, 0.5) is 8.78 Å². The van der Waals surface area contributed by atoms with E-state index in [1.165, 1.54) is 12.1 Å². The predicted octanol–water partition coefficient (Wildman–Crippen LogP) is 3.81. The van der Waals surface area contributed by atoms with Crippen LogP contribution in [0.2, 0.25) is 0 Å². The largest absolute Gasteiger partial charge is 0.392 e. The van der Waals surface area contributed by atoms with E-state index in [1.54, 1.807) is 6.33 Å². The van der Waals surface area contributed by atoms with Gasteiger partial charge in [0.15, 0.2) is 5.84 Å². The van der Waals surface area contributed by atoms with E-state index in [4.69, 9.17) is 4.84 Å². The van der Waals surface area contributed by atoms with Crippen molar-refractivity contribution in [2.24, 2.45) is 5.16 Å².